The van der Waals surface area contributed by atoms with E-state index in [1.807, 2.05) is 83.1 Å². The van der Waals surface area contributed by atoms with E-state index in [1.165, 1.54) is 12.1 Å². The third-order valence-corrected chi connectivity index (χ3v) is 13.4. The van der Waals surface area contributed by atoms with E-state index >= 15 is 0 Å². The van der Waals surface area contributed by atoms with Gasteiger partial charge in [0.2, 0.25) is 0 Å². The molecular weight excluding hydrogens is 885 g/mol. The predicted molar refractivity (Wildman–Crippen MR) is 248 cm³/mol. The van der Waals surface area contributed by atoms with Gasteiger partial charge >= 0.3 is 12.4 Å². The lowest BCUT2D eigenvalue weighted by Crippen LogP contribution is -2.54. The van der Waals surface area contributed by atoms with E-state index in [0.717, 1.165) is 65.2 Å². The van der Waals surface area contributed by atoms with Crippen LogP contribution < -0.4 is 10.6 Å². The predicted octanol–water partition coefficient (Wildman–Crippen LogP) is 10.7. The molecule has 8 rings (SSSR count). The van der Waals surface area contributed by atoms with Crippen LogP contribution in [0.4, 0.5) is 38.0 Å². The summed E-state index contributed by atoms with van der Waals surface area (Å²) in [5.74, 6) is 0.243. The molecule has 2 saturated heterocycles. The lowest BCUT2D eigenvalue weighted by atomic mass is 9.80. The van der Waals surface area contributed by atoms with Crippen LogP contribution in [-0.2, 0) is 18.9 Å². The van der Waals surface area contributed by atoms with Gasteiger partial charge in [0.15, 0.2) is 0 Å². The fourth-order valence-corrected chi connectivity index (χ4v) is 9.55. The van der Waals surface area contributed by atoms with Gasteiger partial charge in [0.1, 0.15) is 11.6 Å². The summed E-state index contributed by atoms with van der Waals surface area (Å²) in [5, 5.41) is 11.2. The van der Waals surface area contributed by atoms with Gasteiger partial charge in [0, 0.05) is 86.0 Å². The molecule has 6 aromatic rings. The number of amides is 2. The molecular formula is C51H53F6N9O2. The summed E-state index contributed by atoms with van der Waals surface area (Å²) < 4.78 is 81.5. The van der Waals surface area contributed by atoms with Crippen molar-refractivity contribution in [3.63, 3.8) is 0 Å². The van der Waals surface area contributed by atoms with Gasteiger partial charge in [0.25, 0.3) is 11.8 Å². The van der Waals surface area contributed by atoms with Crippen LogP contribution in [0.1, 0.15) is 76.1 Å². The highest BCUT2D eigenvalue weighted by atomic mass is 19.4. The van der Waals surface area contributed by atoms with Crippen LogP contribution in [0.25, 0.3) is 22.3 Å². The van der Waals surface area contributed by atoms with Crippen molar-refractivity contribution in [2.75, 3.05) is 36.8 Å². The number of carbonyl (C=O) groups is 2. The summed E-state index contributed by atoms with van der Waals surface area (Å²) in [7, 11) is 0. The lowest BCUT2D eigenvalue weighted by Gasteiger charge is -2.44. The summed E-state index contributed by atoms with van der Waals surface area (Å²) in [6, 6.07) is 19.1. The second-order valence-electron chi connectivity index (χ2n) is 18.1. The summed E-state index contributed by atoms with van der Waals surface area (Å²) in [6.07, 6.45) is 1.95. The number of likely N-dealkylation sites (tertiary alicyclic amines) is 2. The van der Waals surface area contributed by atoms with Crippen molar-refractivity contribution in [1.82, 2.24) is 34.5 Å². The van der Waals surface area contributed by atoms with E-state index in [9.17, 15) is 35.9 Å². The summed E-state index contributed by atoms with van der Waals surface area (Å²) >= 11 is 0. The monoisotopic (exact) mass is 937 g/mol. The van der Waals surface area contributed by atoms with Crippen molar-refractivity contribution in [3.05, 3.63) is 143 Å². The summed E-state index contributed by atoms with van der Waals surface area (Å²) in [5.41, 5.74) is 4.16. The maximum atomic E-state index is 14.7. The molecule has 17 heteroatoms. The quantitative estimate of drug-likeness (QED) is 0.116. The van der Waals surface area contributed by atoms with E-state index in [0.29, 0.717) is 55.1 Å². The number of nitrogens with zero attached hydrogens (tertiary/aromatic N) is 7. The van der Waals surface area contributed by atoms with E-state index in [-0.39, 0.29) is 48.0 Å². The van der Waals surface area contributed by atoms with Crippen LogP contribution in [0.5, 0.6) is 0 Å². The van der Waals surface area contributed by atoms with Gasteiger partial charge < -0.3 is 20.4 Å². The lowest BCUT2D eigenvalue weighted by molar-refractivity contribution is -0.138. The first-order chi connectivity index (χ1) is 32.4. The normalized spacial score (nSPS) is 20.0. The SMILES string of the molecule is Cc1ccc(-c2cnn(CC3CCN(C(=O)c4cc(C)ccc4-c4cccnc4)C(CNc4ccc(C(F)(F)F)cn4)C3C)c2)c(C(=O)N2CCCC(C)C2CNc2ccc(C(F)(F)F)cn2)c1. The van der Waals surface area contributed by atoms with Gasteiger partial charge in [-0.05, 0) is 104 Å². The molecule has 0 aliphatic carbocycles. The van der Waals surface area contributed by atoms with E-state index in [4.69, 9.17) is 5.10 Å². The molecule has 68 heavy (non-hydrogen) atoms. The smallest absolute Gasteiger partial charge is 0.368 e. The molecule has 2 amide bonds. The molecule has 2 aliphatic heterocycles. The number of aromatic nitrogens is 5. The van der Waals surface area contributed by atoms with Crippen molar-refractivity contribution in [2.45, 2.75) is 77.9 Å². The molecule has 2 aliphatic rings. The first kappa shape index (κ1) is 47.7. The Bertz CT molecular complexity index is 2710. The van der Waals surface area contributed by atoms with Gasteiger partial charge in [-0.15, -0.1) is 0 Å². The number of hydrogen-bond acceptors (Lipinski definition) is 8. The number of rotatable bonds is 12. The second-order valence-corrected chi connectivity index (χ2v) is 18.1. The molecule has 0 radical (unpaired) electrons. The van der Waals surface area contributed by atoms with Crippen LogP contribution in [0, 0.1) is 31.6 Å². The fourth-order valence-electron chi connectivity index (χ4n) is 9.55. The number of benzene rings is 2. The van der Waals surface area contributed by atoms with Crippen LogP contribution >= 0.6 is 0 Å². The van der Waals surface area contributed by atoms with Gasteiger partial charge in [-0.1, -0.05) is 55.3 Å². The maximum absolute atomic E-state index is 14.7. The number of alkyl halides is 6. The molecule has 4 aromatic heterocycles. The van der Waals surface area contributed by atoms with Crippen LogP contribution in [-0.4, -0.2) is 84.6 Å². The Hall–Kier alpha value is -6.78. The highest BCUT2D eigenvalue weighted by molar-refractivity contribution is 6.02. The molecule has 2 aromatic carbocycles. The van der Waals surface area contributed by atoms with Gasteiger partial charge in [0.05, 0.1) is 29.4 Å². The molecule has 0 saturated carbocycles. The zero-order valence-corrected chi connectivity index (χ0v) is 38.2. The fraction of sp³-hybridized carbons (Fsp3) is 0.373. The number of aryl methyl sites for hydroxylation is 2. The van der Waals surface area contributed by atoms with Gasteiger partial charge in [-0.25, -0.2) is 9.97 Å². The maximum Gasteiger partial charge on any atom is 0.417 e. The number of carbonyl (C=O) groups excluding carboxylic acids is 2. The van der Waals surface area contributed by atoms with Gasteiger partial charge in [-0.2, -0.15) is 31.4 Å². The Labute approximate surface area is 391 Å². The number of anilines is 2. The largest absolute Gasteiger partial charge is 0.417 e. The third kappa shape index (κ3) is 10.7. The molecule has 0 spiro atoms. The summed E-state index contributed by atoms with van der Waals surface area (Å²) in [6.45, 7) is 9.95. The Morgan fingerprint density at radius 1 is 0.676 bits per heavy atom. The minimum Gasteiger partial charge on any atom is -0.368 e. The second kappa shape index (κ2) is 19.8. The molecule has 0 bridgehead atoms. The average Bonchev–Trinajstić information content (AvgIpc) is 3.79. The van der Waals surface area contributed by atoms with Crippen molar-refractivity contribution in [2.24, 2.45) is 17.8 Å². The van der Waals surface area contributed by atoms with E-state index < -0.39 is 29.5 Å². The van der Waals surface area contributed by atoms with Crippen LogP contribution in [0.3, 0.4) is 0 Å². The van der Waals surface area contributed by atoms with Crippen molar-refractivity contribution >= 4 is 23.5 Å². The molecule has 356 valence electrons. The van der Waals surface area contributed by atoms with Crippen molar-refractivity contribution in [3.8, 4) is 22.3 Å². The summed E-state index contributed by atoms with van der Waals surface area (Å²) in [4.78, 5) is 45.4. The molecule has 2 N–H and O–H groups in total. The molecule has 5 atom stereocenters. The standard InChI is InChI=1S/C51H53F6N9O2/c1-31-9-13-40(35-8-5-18-58-23-35)42(21-31)49(68)66-20-17-36(34(4)45(66)28-62-47-16-12-39(26-60-47)51(55,56)57)29-64-30-37(24-63-64)41-14-10-32(2)22-43(41)48(67)65-19-6-7-33(3)44(65)27-61-46-15-11-38(25-59-46)50(52,53)54/h5,8-16,18,21-26,30,33-34,36,44-45H,6-7,17,19-20,27-29H2,1-4H3,(H,59,61)(H,60,62). The van der Waals surface area contributed by atoms with Crippen molar-refractivity contribution < 1.29 is 35.9 Å². The third-order valence-electron chi connectivity index (χ3n) is 13.4. The highest BCUT2D eigenvalue weighted by Crippen LogP contribution is 2.36. The van der Waals surface area contributed by atoms with E-state index in [2.05, 4.69) is 39.4 Å². The molecule has 11 nitrogen and oxygen atoms in total. The number of halogens is 6. The van der Waals surface area contributed by atoms with Crippen LogP contribution in [0.2, 0.25) is 0 Å². The number of piperidine rings is 2. The first-order valence-electron chi connectivity index (χ1n) is 22.8. The van der Waals surface area contributed by atoms with Gasteiger partial charge in [-0.3, -0.25) is 19.3 Å². The minimum absolute atomic E-state index is 0.0239. The number of hydrogen-bond donors (Lipinski definition) is 2. The Kier molecular flexibility index (Phi) is 13.9. The zero-order valence-electron chi connectivity index (χ0n) is 38.2. The Morgan fingerprint density at radius 3 is 1.79 bits per heavy atom. The topological polar surface area (TPSA) is 121 Å². The molecule has 2 fully saturated rings. The van der Waals surface area contributed by atoms with Crippen LogP contribution in [0.15, 0.2) is 110 Å². The average molecular weight is 938 g/mol. The highest BCUT2D eigenvalue weighted by Gasteiger charge is 2.40. The Balaban J connectivity index is 1.02. The number of pyridine rings is 3. The minimum atomic E-state index is -4.53. The zero-order chi connectivity index (χ0) is 48.3. The molecule has 5 unspecified atom stereocenters. The van der Waals surface area contributed by atoms with Crippen molar-refractivity contribution in [1.29, 1.82) is 0 Å². The first-order valence-corrected chi connectivity index (χ1v) is 22.8. The van der Waals surface area contributed by atoms with E-state index in [1.54, 1.807) is 18.6 Å². The molecule has 6 heterocycles. The number of nitrogens with one attached hydrogen (secondary N) is 2. The Morgan fingerprint density at radius 2 is 1.25 bits per heavy atom.